The molecule has 0 aliphatic carbocycles. The smallest absolute Gasteiger partial charge is 0.251 e. The van der Waals surface area contributed by atoms with Gasteiger partial charge < -0.3 is 15.4 Å². The summed E-state index contributed by atoms with van der Waals surface area (Å²) in [5.74, 6) is -0.00715. The Morgan fingerprint density at radius 1 is 1.00 bits per heavy atom. The molecule has 0 aromatic heterocycles. The van der Waals surface area contributed by atoms with Gasteiger partial charge in [-0.2, -0.15) is 0 Å². The van der Waals surface area contributed by atoms with Crippen molar-refractivity contribution in [3.63, 3.8) is 0 Å². The normalized spacial score (nSPS) is 11.9. The van der Waals surface area contributed by atoms with Gasteiger partial charge in [-0.15, -0.1) is 0 Å². The maximum atomic E-state index is 12.9. The predicted molar refractivity (Wildman–Crippen MR) is 134 cm³/mol. The molecule has 0 fully saturated rings. The number of benzene rings is 2. The van der Waals surface area contributed by atoms with Gasteiger partial charge in [-0.25, -0.2) is 13.1 Å². The van der Waals surface area contributed by atoms with E-state index in [9.17, 15) is 18.0 Å². The zero-order chi connectivity index (χ0) is 25.5. The first kappa shape index (κ1) is 27.3. The molecule has 0 radical (unpaired) electrons. The second-order valence-electron chi connectivity index (χ2n) is 9.23. The molecular formula is C25H35N3O5S. The summed E-state index contributed by atoms with van der Waals surface area (Å²) in [6.45, 7) is 11.7. The van der Waals surface area contributed by atoms with Gasteiger partial charge in [-0.05, 0) is 54.8 Å². The number of ether oxygens (including phenoxy) is 1. The van der Waals surface area contributed by atoms with E-state index in [0.29, 0.717) is 23.6 Å². The van der Waals surface area contributed by atoms with Crippen LogP contribution < -0.4 is 20.1 Å². The number of hydrogen-bond acceptors (Lipinski definition) is 5. The molecule has 0 unspecified atom stereocenters. The topological polar surface area (TPSA) is 114 Å². The largest absolute Gasteiger partial charge is 0.492 e. The Morgan fingerprint density at radius 3 is 2.21 bits per heavy atom. The summed E-state index contributed by atoms with van der Waals surface area (Å²) in [5.41, 5.74) is 1.36. The van der Waals surface area contributed by atoms with Gasteiger partial charge in [-0.3, -0.25) is 9.59 Å². The summed E-state index contributed by atoms with van der Waals surface area (Å²) in [6.07, 6.45) is 0. The number of carbonyl (C=O) groups excluding carboxylic acids is 2. The van der Waals surface area contributed by atoms with E-state index in [-0.39, 0.29) is 35.7 Å². The fourth-order valence-corrected chi connectivity index (χ4v) is 4.14. The average Bonchev–Trinajstić information content (AvgIpc) is 2.76. The van der Waals surface area contributed by atoms with Crippen LogP contribution in [0.4, 0.5) is 5.69 Å². The van der Waals surface area contributed by atoms with Crippen LogP contribution in [0.1, 0.15) is 63.4 Å². The Labute approximate surface area is 202 Å². The molecule has 0 aliphatic rings. The second kappa shape index (κ2) is 11.5. The molecule has 34 heavy (non-hydrogen) atoms. The average molecular weight is 490 g/mol. The standard InChI is InChI=1S/C25H35N3O5S/c1-7-33-21-13-10-19(17(2)3)16-22(21)34(31,32)27-15-14-26-23(29)18-8-11-20(12-9-18)28-24(30)25(4,5)6/h8-13,16-17,27H,7,14-15H2,1-6H3,(H,26,29)(H,28,30). The Morgan fingerprint density at radius 2 is 1.65 bits per heavy atom. The zero-order valence-corrected chi connectivity index (χ0v) is 21.5. The van der Waals surface area contributed by atoms with Gasteiger partial charge in [0.05, 0.1) is 6.61 Å². The molecule has 0 spiro atoms. The van der Waals surface area contributed by atoms with Crippen LogP contribution in [0.15, 0.2) is 47.4 Å². The minimum Gasteiger partial charge on any atom is -0.492 e. The van der Waals surface area contributed by atoms with Crippen LogP contribution in [0.3, 0.4) is 0 Å². The third-order valence-corrected chi connectivity index (χ3v) is 6.49. The quantitative estimate of drug-likeness (QED) is 0.438. The lowest BCUT2D eigenvalue weighted by molar-refractivity contribution is -0.123. The summed E-state index contributed by atoms with van der Waals surface area (Å²) in [6, 6.07) is 11.7. The van der Waals surface area contributed by atoms with Crippen LogP contribution >= 0.6 is 0 Å². The second-order valence-corrected chi connectivity index (χ2v) is 11.0. The number of carbonyl (C=O) groups is 2. The van der Waals surface area contributed by atoms with Crippen molar-refractivity contribution < 1.29 is 22.7 Å². The number of anilines is 1. The highest BCUT2D eigenvalue weighted by molar-refractivity contribution is 7.89. The predicted octanol–water partition coefficient (Wildman–Crippen LogP) is 3.90. The Balaban J connectivity index is 1.95. The molecular weight excluding hydrogens is 454 g/mol. The van der Waals surface area contributed by atoms with Crippen molar-refractivity contribution in [1.29, 1.82) is 0 Å². The van der Waals surface area contributed by atoms with E-state index in [2.05, 4.69) is 15.4 Å². The molecule has 2 aromatic rings. The van der Waals surface area contributed by atoms with Crippen LogP contribution in [0, 0.1) is 5.41 Å². The number of hydrogen-bond donors (Lipinski definition) is 3. The third kappa shape index (κ3) is 7.56. The molecule has 2 rings (SSSR count). The minimum atomic E-state index is -3.83. The summed E-state index contributed by atoms with van der Waals surface area (Å²) in [7, 11) is -3.83. The van der Waals surface area contributed by atoms with Gasteiger partial charge in [0.2, 0.25) is 15.9 Å². The van der Waals surface area contributed by atoms with Crippen LogP contribution in [0.25, 0.3) is 0 Å². The van der Waals surface area contributed by atoms with Gasteiger partial charge in [0.25, 0.3) is 5.91 Å². The molecule has 9 heteroatoms. The van der Waals surface area contributed by atoms with Crippen LogP contribution in [0.2, 0.25) is 0 Å². The Kier molecular flexibility index (Phi) is 9.23. The Hall–Kier alpha value is -2.91. The minimum absolute atomic E-state index is 0.0191. The highest BCUT2D eigenvalue weighted by Gasteiger charge is 2.22. The van der Waals surface area contributed by atoms with Gasteiger partial charge >= 0.3 is 0 Å². The summed E-state index contributed by atoms with van der Waals surface area (Å²) >= 11 is 0. The highest BCUT2D eigenvalue weighted by Crippen LogP contribution is 2.28. The van der Waals surface area contributed by atoms with Crippen molar-refractivity contribution in [3.8, 4) is 5.75 Å². The molecule has 8 nitrogen and oxygen atoms in total. The molecule has 0 saturated heterocycles. The van der Waals surface area contributed by atoms with Gasteiger partial charge in [0, 0.05) is 29.8 Å². The highest BCUT2D eigenvalue weighted by atomic mass is 32.2. The van der Waals surface area contributed by atoms with Crippen molar-refractivity contribution >= 4 is 27.5 Å². The molecule has 0 aliphatic heterocycles. The van der Waals surface area contributed by atoms with Crippen molar-refractivity contribution in [2.45, 2.75) is 52.4 Å². The van der Waals surface area contributed by atoms with Crippen molar-refractivity contribution in [2.24, 2.45) is 5.41 Å². The maximum absolute atomic E-state index is 12.9. The lowest BCUT2D eigenvalue weighted by Crippen LogP contribution is -2.35. The summed E-state index contributed by atoms with van der Waals surface area (Å²) in [5, 5.41) is 5.49. The maximum Gasteiger partial charge on any atom is 0.251 e. The number of rotatable bonds is 10. The van der Waals surface area contributed by atoms with E-state index < -0.39 is 15.4 Å². The van der Waals surface area contributed by atoms with Crippen LogP contribution in [0.5, 0.6) is 5.75 Å². The molecule has 186 valence electrons. The van der Waals surface area contributed by atoms with Crippen LogP contribution in [-0.4, -0.2) is 39.9 Å². The first-order valence-electron chi connectivity index (χ1n) is 11.3. The van der Waals surface area contributed by atoms with Crippen LogP contribution in [-0.2, 0) is 14.8 Å². The third-order valence-electron chi connectivity index (χ3n) is 5.01. The SMILES string of the molecule is CCOc1ccc(C(C)C)cc1S(=O)(=O)NCCNC(=O)c1ccc(NC(=O)C(C)(C)C)cc1. The zero-order valence-electron chi connectivity index (χ0n) is 20.7. The fraction of sp³-hybridized carbons (Fsp3) is 0.440. The van der Waals surface area contributed by atoms with Gasteiger partial charge in [-0.1, -0.05) is 40.7 Å². The first-order chi connectivity index (χ1) is 15.8. The van der Waals surface area contributed by atoms with Crippen molar-refractivity contribution in [2.75, 3.05) is 25.0 Å². The van der Waals surface area contributed by atoms with E-state index in [1.165, 1.54) is 0 Å². The fourth-order valence-electron chi connectivity index (χ4n) is 2.93. The molecule has 0 bridgehead atoms. The van der Waals surface area contributed by atoms with E-state index >= 15 is 0 Å². The molecule has 2 amide bonds. The van der Waals surface area contributed by atoms with Gasteiger partial charge in [0.15, 0.2) is 0 Å². The number of sulfonamides is 1. The van der Waals surface area contributed by atoms with Crippen molar-refractivity contribution in [1.82, 2.24) is 10.0 Å². The van der Waals surface area contributed by atoms with Crippen molar-refractivity contribution in [3.05, 3.63) is 53.6 Å². The number of amides is 2. The molecule has 2 aromatic carbocycles. The lowest BCUT2D eigenvalue weighted by Gasteiger charge is -2.17. The monoisotopic (exact) mass is 489 g/mol. The van der Waals surface area contributed by atoms with E-state index in [1.54, 1.807) is 43.3 Å². The molecule has 0 saturated carbocycles. The Bertz CT molecular complexity index is 1100. The van der Waals surface area contributed by atoms with E-state index in [0.717, 1.165) is 5.56 Å². The van der Waals surface area contributed by atoms with Gasteiger partial charge in [0.1, 0.15) is 10.6 Å². The molecule has 0 heterocycles. The first-order valence-corrected chi connectivity index (χ1v) is 12.8. The van der Waals surface area contributed by atoms with E-state index in [1.807, 2.05) is 40.7 Å². The molecule has 3 N–H and O–H groups in total. The summed E-state index contributed by atoms with van der Waals surface area (Å²) in [4.78, 5) is 24.5. The lowest BCUT2D eigenvalue weighted by atomic mass is 9.95. The van der Waals surface area contributed by atoms with E-state index in [4.69, 9.17) is 4.74 Å². The molecule has 0 atom stereocenters. The summed E-state index contributed by atoms with van der Waals surface area (Å²) < 4.78 is 33.8. The number of nitrogens with one attached hydrogen (secondary N) is 3.